The van der Waals surface area contributed by atoms with Gasteiger partial charge in [0.1, 0.15) is 5.82 Å². The van der Waals surface area contributed by atoms with Gasteiger partial charge in [0, 0.05) is 15.8 Å². The molecule has 1 unspecified atom stereocenters. The summed E-state index contributed by atoms with van der Waals surface area (Å²) in [5.41, 5.74) is 1.15. The van der Waals surface area contributed by atoms with Crippen LogP contribution >= 0.6 is 23.4 Å². The third-order valence-electron chi connectivity index (χ3n) is 2.93. The fourth-order valence-electron chi connectivity index (χ4n) is 1.67. The second kappa shape index (κ2) is 6.42. The highest BCUT2D eigenvalue weighted by Crippen LogP contribution is 2.34. The molecule has 0 spiro atoms. The Bertz CT molecular complexity index is 557. The molecule has 1 nitrogen and oxygen atoms in total. The van der Waals surface area contributed by atoms with Crippen LogP contribution in [0.4, 0.5) is 4.39 Å². The number of rotatable bonds is 4. The molecule has 0 radical (unpaired) electrons. The van der Waals surface area contributed by atoms with Crippen molar-refractivity contribution in [2.45, 2.75) is 22.8 Å². The van der Waals surface area contributed by atoms with Gasteiger partial charge in [0.25, 0.3) is 0 Å². The van der Waals surface area contributed by atoms with Gasteiger partial charge in [-0.25, -0.2) is 4.39 Å². The van der Waals surface area contributed by atoms with Crippen molar-refractivity contribution in [2.24, 2.45) is 0 Å². The molecule has 2 rings (SSSR count). The first-order valence-corrected chi connectivity index (χ1v) is 7.19. The molecule has 2 aromatic rings. The lowest BCUT2D eigenvalue weighted by Gasteiger charge is -2.12. The molecule has 0 aromatic heterocycles. The highest BCUT2D eigenvalue weighted by molar-refractivity contribution is 7.99. The predicted molar refractivity (Wildman–Crippen MR) is 79.4 cm³/mol. The van der Waals surface area contributed by atoms with Gasteiger partial charge in [-0.3, -0.25) is 0 Å². The van der Waals surface area contributed by atoms with Gasteiger partial charge in [-0.1, -0.05) is 29.4 Å². The van der Waals surface area contributed by atoms with Gasteiger partial charge in [0.05, 0.1) is 5.02 Å². The van der Waals surface area contributed by atoms with Crippen molar-refractivity contribution in [3.8, 4) is 0 Å². The zero-order valence-electron chi connectivity index (χ0n) is 10.8. The summed E-state index contributed by atoms with van der Waals surface area (Å²) in [4.78, 5) is 1.94. The van der Waals surface area contributed by atoms with Gasteiger partial charge in [-0.15, -0.1) is 0 Å². The predicted octanol–water partition coefficient (Wildman–Crippen LogP) is 4.91. The summed E-state index contributed by atoms with van der Waals surface area (Å²) in [6, 6.07) is 12.7. The van der Waals surface area contributed by atoms with Crippen LogP contribution in [-0.2, 0) is 0 Å². The fraction of sp³-hybridized carbons (Fsp3) is 0.200. The van der Waals surface area contributed by atoms with E-state index in [9.17, 15) is 4.39 Å². The SMILES string of the molecule is CNC(C)c1ccc(Sc2ccc(F)cc2)c(Cl)c1. The third-order valence-corrected chi connectivity index (χ3v) is 4.44. The van der Waals surface area contributed by atoms with Crippen LogP contribution in [0.25, 0.3) is 0 Å². The minimum absolute atomic E-state index is 0.228. The maximum atomic E-state index is 12.8. The Morgan fingerprint density at radius 3 is 2.42 bits per heavy atom. The Morgan fingerprint density at radius 1 is 1.16 bits per heavy atom. The average Bonchev–Trinajstić information content (AvgIpc) is 2.42. The fourth-order valence-corrected chi connectivity index (χ4v) is 2.79. The molecule has 1 N–H and O–H groups in total. The molecule has 0 saturated heterocycles. The molecule has 0 aliphatic rings. The number of halogens is 2. The monoisotopic (exact) mass is 295 g/mol. The quantitative estimate of drug-likeness (QED) is 0.860. The van der Waals surface area contributed by atoms with E-state index in [2.05, 4.69) is 18.3 Å². The van der Waals surface area contributed by atoms with E-state index in [0.717, 1.165) is 15.4 Å². The standard InChI is InChI=1S/C15H15ClFNS/c1-10(18-2)11-3-8-15(14(16)9-11)19-13-6-4-12(17)5-7-13/h3-10,18H,1-2H3. The molecular weight excluding hydrogens is 281 g/mol. The molecule has 0 aliphatic heterocycles. The highest BCUT2D eigenvalue weighted by atomic mass is 35.5. The van der Waals surface area contributed by atoms with E-state index in [4.69, 9.17) is 11.6 Å². The molecule has 0 bridgehead atoms. The minimum atomic E-state index is -0.228. The van der Waals surface area contributed by atoms with Crippen LogP contribution in [0.2, 0.25) is 5.02 Å². The molecule has 0 saturated carbocycles. The maximum Gasteiger partial charge on any atom is 0.123 e. The van der Waals surface area contributed by atoms with Crippen molar-refractivity contribution in [2.75, 3.05) is 7.05 Å². The van der Waals surface area contributed by atoms with Crippen LogP contribution in [0.15, 0.2) is 52.3 Å². The van der Waals surface area contributed by atoms with E-state index >= 15 is 0 Å². The molecule has 0 fully saturated rings. The Kier molecular flexibility index (Phi) is 4.86. The van der Waals surface area contributed by atoms with Crippen LogP contribution in [0, 0.1) is 5.82 Å². The molecule has 100 valence electrons. The van der Waals surface area contributed by atoms with Crippen molar-refractivity contribution < 1.29 is 4.39 Å². The lowest BCUT2D eigenvalue weighted by atomic mass is 10.1. The van der Waals surface area contributed by atoms with Crippen LogP contribution in [0.3, 0.4) is 0 Å². The van der Waals surface area contributed by atoms with Gasteiger partial charge < -0.3 is 5.32 Å². The number of benzene rings is 2. The van der Waals surface area contributed by atoms with Crippen LogP contribution < -0.4 is 5.32 Å². The van der Waals surface area contributed by atoms with E-state index in [1.54, 1.807) is 12.1 Å². The van der Waals surface area contributed by atoms with Gasteiger partial charge in [0.2, 0.25) is 0 Å². The first kappa shape index (κ1) is 14.4. The molecule has 0 heterocycles. The molecule has 4 heteroatoms. The van der Waals surface area contributed by atoms with Crippen molar-refractivity contribution in [3.63, 3.8) is 0 Å². The Morgan fingerprint density at radius 2 is 1.84 bits per heavy atom. The van der Waals surface area contributed by atoms with E-state index in [0.29, 0.717) is 5.02 Å². The van der Waals surface area contributed by atoms with Gasteiger partial charge in [0.15, 0.2) is 0 Å². The largest absolute Gasteiger partial charge is 0.313 e. The summed E-state index contributed by atoms with van der Waals surface area (Å²) in [5, 5.41) is 3.89. The molecule has 19 heavy (non-hydrogen) atoms. The molecule has 0 amide bonds. The summed E-state index contributed by atoms with van der Waals surface area (Å²) >= 11 is 7.82. The zero-order valence-corrected chi connectivity index (χ0v) is 12.4. The van der Waals surface area contributed by atoms with E-state index < -0.39 is 0 Å². The van der Waals surface area contributed by atoms with Crippen molar-refractivity contribution in [1.29, 1.82) is 0 Å². The normalized spacial score (nSPS) is 12.4. The Hall–Kier alpha value is -1.03. The highest BCUT2D eigenvalue weighted by Gasteiger charge is 2.07. The summed E-state index contributed by atoms with van der Waals surface area (Å²) in [5.74, 6) is -0.228. The lowest BCUT2D eigenvalue weighted by molar-refractivity contribution is 0.626. The average molecular weight is 296 g/mol. The topological polar surface area (TPSA) is 12.0 Å². The first-order chi connectivity index (χ1) is 9.10. The summed E-state index contributed by atoms with van der Waals surface area (Å²) in [7, 11) is 1.92. The first-order valence-electron chi connectivity index (χ1n) is 6.00. The summed E-state index contributed by atoms with van der Waals surface area (Å²) in [6.45, 7) is 2.08. The third kappa shape index (κ3) is 3.72. The van der Waals surface area contributed by atoms with E-state index in [-0.39, 0.29) is 11.9 Å². The smallest absolute Gasteiger partial charge is 0.123 e. The van der Waals surface area contributed by atoms with Gasteiger partial charge in [-0.05, 0) is 55.9 Å². The lowest BCUT2D eigenvalue weighted by Crippen LogP contribution is -2.12. The minimum Gasteiger partial charge on any atom is -0.313 e. The second-order valence-electron chi connectivity index (χ2n) is 4.26. The van der Waals surface area contributed by atoms with Crippen LogP contribution in [0.5, 0.6) is 0 Å². The zero-order chi connectivity index (χ0) is 13.8. The summed E-state index contributed by atoms with van der Waals surface area (Å²) < 4.78 is 12.8. The van der Waals surface area contributed by atoms with Gasteiger partial charge >= 0.3 is 0 Å². The molecule has 0 aliphatic carbocycles. The summed E-state index contributed by atoms with van der Waals surface area (Å²) in [6.07, 6.45) is 0. The number of hydrogen-bond acceptors (Lipinski definition) is 2. The van der Waals surface area contributed by atoms with Crippen molar-refractivity contribution >= 4 is 23.4 Å². The van der Waals surface area contributed by atoms with Crippen molar-refractivity contribution in [1.82, 2.24) is 5.32 Å². The van der Waals surface area contributed by atoms with E-state index in [1.807, 2.05) is 19.2 Å². The molecular formula is C15H15ClFNS. The van der Waals surface area contributed by atoms with Crippen LogP contribution in [0.1, 0.15) is 18.5 Å². The maximum absolute atomic E-state index is 12.8. The molecule has 2 aromatic carbocycles. The van der Waals surface area contributed by atoms with Crippen molar-refractivity contribution in [3.05, 3.63) is 58.9 Å². The number of hydrogen-bond donors (Lipinski definition) is 1. The second-order valence-corrected chi connectivity index (χ2v) is 5.78. The Balaban J connectivity index is 2.19. The number of nitrogens with one attached hydrogen (secondary N) is 1. The Labute approximate surface area is 122 Å². The van der Waals surface area contributed by atoms with E-state index in [1.165, 1.54) is 23.9 Å². The van der Waals surface area contributed by atoms with Gasteiger partial charge in [-0.2, -0.15) is 0 Å². The van der Waals surface area contributed by atoms with Crippen LogP contribution in [-0.4, -0.2) is 7.05 Å². The molecule has 1 atom stereocenters.